The van der Waals surface area contributed by atoms with Crippen molar-refractivity contribution < 1.29 is 4.79 Å². The summed E-state index contributed by atoms with van der Waals surface area (Å²) in [5.41, 5.74) is 2.95. The molecule has 0 aliphatic carbocycles. The molecule has 1 aromatic carbocycles. The number of unbranched alkanes of at least 4 members (excludes halogenated alkanes) is 1. The molecule has 22 heavy (non-hydrogen) atoms. The van der Waals surface area contributed by atoms with Gasteiger partial charge in [-0.15, -0.1) is 0 Å². The summed E-state index contributed by atoms with van der Waals surface area (Å²) in [5, 5.41) is 6.97. The minimum absolute atomic E-state index is 0.184. The van der Waals surface area contributed by atoms with Gasteiger partial charge in [-0.1, -0.05) is 19.4 Å². The lowest BCUT2D eigenvalue weighted by atomic mass is 10.1. The monoisotopic (exact) mass is 299 g/mol. The van der Waals surface area contributed by atoms with Crippen LogP contribution in [0.1, 0.15) is 41.4 Å². The van der Waals surface area contributed by atoms with Crippen molar-refractivity contribution in [1.82, 2.24) is 9.78 Å². The van der Waals surface area contributed by atoms with E-state index >= 15 is 0 Å². The number of amides is 1. The van der Waals surface area contributed by atoms with Crippen molar-refractivity contribution in [2.75, 3.05) is 5.32 Å². The van der Waals surface area contributed by atoms with Crippen LogP contribution < -0.4 is 10.9 Å². The molecule has 0 atom stereocenters. The Labute approximate surface area is 130 Å². The van der Waals surface area contributed by atoms with Gasteiger partial charge in [-0.3, -0.25) is 9.59 Å². The number of rotatable bonds is 5. The van der Waals surface area contributed by atoms with Gasteiger partial charge in [-0.05, 0) is 49.6 Å². The van der Waals surface area contributed by atoms with Gasteiger partial charge >= 0.3 is 0 Å². The third-order valence-electron chi connectivity index (χ3n) is 3.30. The molecule has 1 N–H and O–H groups in total. The van der Waals surface area contributed by atoms with E-state index in [1.165, 1.54) is 16.8 Å². The molecule has 0 spiro atoms. The Morgan fingerprint density at radius 1 is 1.18 bits per heavy atom. The molecular formula is C17H21N3O2. The second kappa shape index (κ2) is 7.02. The van der Waals surface area contributed by atoms with Crippen molar-refractivity contribution in [1.29, 1.82) is 0 Å². The summed E-state index contributed by atoms with van der Waals surface area (Å²) in [4.78, 5) is 24.0. The van der Waals surface area contributed by atoms with E-state index in [9.17, 15) is 9.59 Å². The topological polar surface area (TPSA) is 64.0 Å². The summed E-state index contributed by atoms with van der Waals surface area (Å²) >= 11 is 0. The van der Waals surface area contributed by atoms with Gasteiger partial charge < -0.3 is 5.32 Å². The van der Waals surface area contributed by atoms with E-state index in [2.05, 4.69) is 10.4 Å². The van der Waals surface area contributed by atoms with Crippen LogP contribution in [0, 0.1) is 13.8 Å². The van der Waals surface area contributed by atoms with E-state index in [-0.39, 0.29) is 17.2 Å². The van der Waals surface area contributed by atoms with Crippen LogP contribution in [-0.4, -0.2) is 15.7 Å². The number of anilines is 1. The number of carbonyl (C=O) groups excluding carboxylic acids is 1. The number of hydrogen-bond donors (Lipinski definition) is 1. The summed E-state index contributed by atoms with van der Waals surface area (Å²) in [7, 11) is 0. The lowest BCUT2D eigenvalue weighted by molar-refractivity contribution is 0.102. The fourth-order valence-electron chi connectivity index (χ4n) is 2.28. The second-order valence-electron chi connectivity index (χ2n) is 5.46. The third kappa shape index (κ3) is 4.04. The molecule has 0 saturated carbocycles. The van der Waals surface area contributed by atoms with Gasteiger partial charge in [0.25, 0.3) is 11.5 Å². The van der Waals surface area contributed by atoms with Crippen LogP contribution in [0.4, 0.5) is 5.69 Å². The lowest BCUT2D eigenvalue weighted by Crippen LogP contribution is -2.26. The first-order valence-corrected chi connectivity index (χ1v) is 7.47. The van der Waals surface area contributed by atoms with Crippen LogP contribution in [0.3, 0.4) is 0 Å². The first kappa shape index (κ1) is 15.9. The molecule has 116 valence electrons. The Kier molecular flexibility index (Phi) is 5.09. The molecule has 1 heterocycles. The molecule has 5 nitrogen and oxygen atoms in total. The average molecular weight is 299 g/mol. The van der Waals surface area contributed by atoms with Crippen LogP contribution >= 0.6 is 0 Å². The molecule has 5 heteroatoms. The second-order valence-corrected chi connectivity index (χ2v) is 5.46. The molecular weight excluding hydrogens is 278 g/mol. The van der Waals surface area contributed by atoms with Crippen LogP contribution in [0.5, 0.6) is 0 Å². The standard InChI is InChI=1S/C17H21N3O2/c1-4-5-8-20-16(21)7-6-15(19-20)17(22)18-14-10-12(2)9-13(3)11-14/h6-7,9-11H,4-5,8H2,1-3H3,(H,18,22). The van der Waals surface area contributed by atoms with Crippen LogP contribution in [0.25, 0.3) is 0 Å². The van der Waals surface area contributed by atoms with Gasteiger partial charge in [0, 0.05) is 18.3 Å². The Hall–Kier alpha value is -2.43. The molecule has 0 bridgehead atoms. The molecule has 0 aliphatic rings. The molecule has 1 amide bonds. The van der Waals surface area contributed by atoms with Gasteiger partial charge in [0.05, 0.1) is 0 Å². The highest BCUT2D eigenvalue weighted by Gasteiger charge is 2.10. The minimum Gasteiger partial charge on any atom is -0.321 e. The largest absolute Gasteiger partial charge is 0.321 e. The summed E-state index contributed by atoms with van der Waals surface area (Å²) in [6.45, 7) is 6.53. The Morgan fingerprint density at radius 2 is 1.86 bits per heavy atom. The summed E-state index contributed by atoms with van der Waals surface area (Å²) in [5.74, 6) is -0.310. The number of aromatic nitrogens is 2. The van der Waals surface area contributed by atoms with E-state index in [4.69, 9.17) is 0 Å². The number of aryl methyl sites for hydroxylation is 3. The van der Waals surface area contributed by atoms with E-state index in [1.807, 2.05) is 39.0 Å². The number of nitrogens with zero attached hydrogens (tertiary/aromatic N) is 2. The number of benzene rings is 1. The zero-order valence-corrected chi connectivity index (χ0v) is 13.2. The Balaban J connectivity index is 2.20. The smallest absolute Gasteiger partial charge is 0.276 e. The minimum atomic E-state index is -0.310. The molecule has 0 saturated heterocycles. The molecule has 2 rings (SSSR count). The molecule has 2 aromatic rings. The van der Waals surface area contributed by atoms with Gasteiger partial charge in [0.2, 0.25) is 0 Å². The van der Waals surface area contributed by atoms with E-state index < -0.39 is 0 Å². The van der Waals surface area contributed by atoms with Crippen LogP contribution in [0.15, 0.2) is 35.1 Å². The molecule has 0 radical (unpaired) electrons. The fourth-order valence-corrected chi connectivity index (χ4v) is 2.28. The number of hydrogen-bond acceptors (Lipinski definition) is 3. The Bertz CT molecular complexity index is 715. The first-order chi connectivity index (χ1) is 10.5. The van der Waals surface area contributed by atoms with E-state index in [0.29, 0.717) is 6.54 Å². The van der Waals surface area contributed by atoms with Crippen molar-refractivity contribution in [2.24, 2.45) is 0 Å². The van der Waals surface area contributed by atoms with Gasteiger partial charge in [0.15, 0.2) is 0 Å². The van der Waals surface area contributed by atoms with Crippen LogP contribution in [-0.2, 0) is 6.54 Å². The predicted octanol–water partition coefficient (Wildman–Crippen LogP) is 2.91. The lowest BCUT2D eigenvalue weighted by Gasteiger charge is -2.09. The molecule has 0 fully saturated rings. The average Bonchev–Trinajstić information content (AvgIpc) is 2.45. The number of nitrogens with one attached hydrogen (secondary N) is 1. The third-order valence-corrected chi connectivity index (χ3v) is 3.30. The molecule has 1 aromatic heterocycles. The molecule has 0 unspecified atom stereocenters. The Morgan fingerprint density at radius 3 is 2.50 bits per heavy atom. The normalized spacial score (nSPS) is 10.5. The van der Waals surface area contributed by atoms with Crippen molar-refractivity contribution in [2.45, 2.75) is 40.2 Å². The zero-order valence-electron chi connectivity index (χ0n) is 13.2. The van der Waals surface area contributed by atoms with Crippen LogP contribution in [0.2, 0.25) is 0 Å². The van der Waals surface area contributed by atoms with Gasteiger partial charge in [0.1, 0.15) is 5.69 Å². The van der Waals surface area contributed by atoms with E-state index in [1.54, 1.807) is 0 Å². The molecule has 0 aliphatic heterocycles. The van der Waals surface area contributed by atoms with Gasteiger partial charge in [-0.2, -0.15) is 5.10 Å². The van der Waals surface area contributed by atoms with Crippen molar-refractivity contribution in [3.05, 3.63) is 57.5 Å². The highest BCUT2D eigenvalue weighted by molar-refractivity contribution is 6.02. The maximum atomic E-state index is 12.3. The summed E-state index contributed by atoms with van der Waals surface area (Å²) in [6.07, 6.45) is 1.82. The maximum absolute atomic E-state index is 12.3. The van der Waals surface area contributed by atoms with Crippen molar-refractivity contribution in [3.63, 3.8) is 0 Å². The summed E-state index contributed by atoms with van der Waals surface area (Å²) < 4.78 is 1.35. The zero-order chi connectivity index (χ0) is 16.1. The van der Waals surface area contributed by atoms with Crippen molar-refractivity contribution in [3.8, 4) is 0 Å². The highest BCUT2D eigenvalue weighted by Crippen LogP contribution is 2.14. The van der Waals surface area contributed by atoms with Crippen molar-refractivity contribution >= 4 is 11.6 Å². The van der Waals surface area contributed by atoms with Gasteiger partial charge in [-0.25, -0.2) is 4.68 Å². The summed E-state index contributed by atoms with van der Waals surface area (Å²) in [6, 6.07) is 8.69. The first-order valence-electron chi connectivity index (χ1n) is 7.47. The quantitative estimate of drug-likeness (QED) is 0.923. The fraction of sp³-hybridized carbons (Fsp3) is 0.353. The number of carbonyl (C=O) groups is 1. The predicted molar refractivity (Wildman–Crippen MR) is 87.3 cm³/mol. The SMILES string of the molecule is CCCCn1nc(C(=O)Nc2cc(C)cc(C)c2)ccc1=O. The highest BCUT2D eigenvalue weighted by atomic mass is 16.2. The van der Waals surface area contributed by atoms with E-state index in [0.717, 1.165) is 29.7 Å². The maximum Gasteiger partial charge on any atom is 0.276 e.